The van der Waals surface area contributed by atoms with Crippen LogP contribution in [-0.2, 0) is 12.4 Å². The van der Waals surface area contributed by atoms with Crippen LogP contribution >= 0.6 is 34.5 Å². The van der Waals surface area contributed by atoms with E-state index >= 15 is 0 Å². The van der Waals surface area contributed by atoms with E-state index in [0.717, 1.165) is 22.3 Å². The molecule has 0 aliphatic carbocycles. The summed E-state index contributed by atoms with van der Waals surface area (Å²) in [6.45, 7) is 0.759. The van der Waals surface area contributed by atoms with E-state index in [1.54, 1.807) is 7.11 Å². The molecule has 3 nitrogen and oxygen atoms in total. The lowest BCUT2D eigenvalue weighted by Crippen LogP contribution is -2.15. The fourth-order valence-electron chi connectivity index (χ4n) is 1.64. The Bertz CT molecular complexity index is 542. The van der Waals surface area contributed by atoms with Gasteiger partial charge in [-0.2, -0.15) is 0 Å². The number of benzene rings is 1. The molecule has 2 aromatic rings. The summed E-state index contributed by atoms with van der Waals surface area (Å²) in [5.74, 6) is 1.25. The summed E-state index contributed by atoms with van der Waals surface area (Å²) in [7, 11) is 3.64. The molecule has 1 aromatic heterocycles. The molecule has 0 unspecified atom stereocenters. The third-order valence-electron chi connectivity index (χ3n) is 2.67. The van der Waals surface area contributed by atoms with Crippen LogP contribution in [0, 0.1) is 0 Å². The van der Waals surface area contributed by atoms with Crippen LogP contribution in [0.15, 0.2) is 24.3 Å². The van der Waals surface area contributed by atoms with Crippen LogP contribution in [0.5, 0.6) is 5.75 Å². The van der Waals surface area contributed by atoms with Crippen LogP contribution in [0.4, 0.5) is 5.13 Å². The lowest BCUT2D eigenvalue weighted by atomic mass is 10.2. The van der Waals surface area contributed by atoms with Crippen molar-refractivity contribution in [1.29, 1.82) is 0 Å². The number of anilines is 1. The number of methoxy groups -OCH3 is 1. The zero-order chi connectivity index (χ0) is 13.8. The van der Waals surface area contributed by atoms with Crippen molar-refractivity contribution >= 4 is 39.7 Å². The van der Waals surface area contributed by atoms with Gasteiger partial charge in [-0.1, -0.05) is 35.1 Å². The summed E-state index contributed by atoms with van der Waals surface area (Å²) in [6.07, 6.45) is 0. The number of aromatic nitrogens is 1. The summed E-state index contributed by atoms with van der Waals surface area (Å²) in [5.41, 5.74) is 1.18. The topological polar surface area (TPSA) is 25.4 Å². The van der Waals surface area contributed by atoms with Gasteiger partial charge >= 0.3 is 0 Å². The molecule has 0 saturated carbocycles. The number of alkyl halides is 1. The quantitative estimate of drug-likeness (QED) is 0.774. The predicted octanol–water partition coefficient (Wildman–Crippen LogP) is 4.18. The van der Waals surface area contributed by atoms with Gasteiger partial charge in [0.15, 0.2) is 5.13 Å². The molecule has 0 fully saturated rings. The number of hydrogen-bond acceptors (Lipinski definition) is 4. The Hall–Kier alpha value is -0.970. The monoisotopic (exact) mass is 316 g/mol. The summed E-state index contributed by atoms with van der Waals surface area (Å²) in [4.78, 5) is 7.26. The second-order valence-corrected chi connectivity index (χ2v) is 5.74. The summed E-state index contributed by atoms with van der Waals surface area (Å²) < 4.78 is 5.14. The highest BCUT2D eigenvalue weighted by atomic mass is 35.5. The molecular weight excluding hydrogens is 303 g/mol. The van der Waals surface area contributed by atoms with Crippen LogP contribution in [0.3, 0.4) is 0 Å². The van der Waals surface area contributed by atoms with E-state index in [1.165, 1.54) is 16.9 Å². The number of hydrogen-bond donors (Lipinski definition) is 0. The Balaban J connectivity index is 2.08. The number of rotatable bonds is 5. The molecule has 6 heteroatoms. The molecule has 0 atom stereocenters. The van der Waals surface area contributed by atoms with Crippen molar-refractivity contribution in [2.24, 2.45) is 0 Å². The van der Waals surface area contributed by atoms with Crippen LogP contribution in [0.2, 0.25) is 5.15 Å². The lowest BCUT2D eigenvalue weighted by molar-refractivity contribution is 0.414. The van der Waals surface area contributed by atoms with Crippen molar-refractivity contribution in [1.82, 2.24) is 4.98 Å². The Morgan fingerprint density at radius 2 is 2.00 bits per heavy atom. The molecule has 0 N–H and O–H groups in total. The standard InChI is InChI=1S/C13H14Cl2N2OS/c1-17(13-16-12(15)11(7-14)19-13)8-9-3-5-10(18-2)6-4-9/h3-6H,7-8H2,1-2H3. The van der Waals surface area contributed by atoms with Crippen LogP contribution < -0.4 is 9.64 Å². The second-order valence-electron chi connectivity index (χ2n) is 4.05. The largest absolute Gasteiger partial charge is 0.497 e. The summed E-state index contributed by atoms with van der Waals surface area (Å²) in [6, 6.07) is 7.96. The third kappa shape index (κ3) is 3.53. The van der Waals surface area contributed by atoms with Gasteiger partial charge in [0.2, 0.25) is 0 Å². The minimum atomic E-state index is 0.396. The van der Waals surface area contributed by atoms with Gasteiger partial charge in [-0.25, -0.2) is 4.98 Å². The van der Waals surface area contributed by atoms with Gasteiger partial charge in [0.25, 0.3) is 0 Å². The molecule has 0 amide bonds. The van der Waals surface area contributed by atoms with Crippen molar-refractivity contribution in [2.45, 2.75) is 12.4 Å². The molecule has 0 aliphatic heterocycles. The highest BCUT2D eigenvalue weighted by Gasteiger charge is 2.12. The van der Waals surface area contributed by atoms with Gasteiger partial charge in [0.1, 0.15) is 10.9 Å². The lowest BCUT2D eigenvalue weighted by Gasteiger charge is -2.15. The van der Waals surface area contributed by atoms with E-state index < -0.39 is 0 Å². The maximum atomic E-state index is 6.00. The van der Waals surface area contributed by atoms with Gasteiger partial charge in [-0.15, -0.1) is 11.6 Å². The Morgan fingerprint density at radius 1 is 1.32 bits per heavy atom. The molecular formula is C13H14Cl2N2OS. The molecule has 1 aromatic carbocycles. The van der Waals surface area contributed by atoms with Crippen LogP contribution in [0.1, 0.15) is 10.4 Å². The highest BCUT2D eigenvalue weighted by molar-refractivity contribution is 7.16. The van der Waals surface area contributed by atoms with Crippen molar-refractivity contribution in [3.05, 3.63) is 39.9 Å². The third-order valence-corrected chi connectivity index (χ3v) is 4.69. The molecule has 0 radical (unpaired) electrons. The normalized spacial score (nSPS) is 10.5. The van der Waals surface area contributed by atoms with Gasteiger partial charge in [-0.3, -0.25) is 0 Å². The van der Waals surface area contributed by atoms with Gasteiger partial charge in [0.05, 0.1) is 17.9 Å². The Morgan fingerprint density at radius 3 is 2.53 bits per heavy atom. The number of thiazole rings is 1. The number of ether oxygens (including phenoxy) is 1. The van der Waals surface area contributed by atoms with E-state index in [9.17, 15) is 0 Å². The van der Waals surface area contributed by atoms with E-state index in [2.05, 4.69) is 9.88 Å². The molecule has 1 heterocycles. The Labute approximate surface area is 126 Å². The number of nitrogens with zero attached hydrogens (tertiary/aromatic N) is 2. The smallest absolute Gasteiger partial charge is 0.187 e. The maximum Gasteiger partial charge on any atom is 0.187 e. The van der Waals surface area contributed by atoms with Crippen molar-refractivity contribution < 1.29 is 4.74 Å². The van der Waals surface area contributed by atoms with Crippen LogP contribution in [-0.4, -0.2) is 19.1 Å². The zero-order valence-corrected chi connectivity index (χ0v) is 13.0. The first kappa shape index (κ1) is 14.4. The first-order chi connectivity index (χ1) is 9.13. The molecule has 0 saturated heterocycles. The van der Waals surface area contributed by atoms with Crippen LogP contribution in [0.25, 0.3) is 0 Å². The minimum absolute atomic E-state index is 0.396. The van der Waals surface area contributed by atoms with E-state index in [0.29, 0.717) is 11.0 Å². The summed E-state index contributed by atoms with van der Waals surface area (Å²) >= 11 is 13.3. The molecule has 0 bridgehead atoms. The van der Waals surface area contributed by atoms with Gasteiger partial charge < -0.3 is 9.64 Å². The SMILES string of the molecule is COc1ccc(CN(C)c2nc(Cl)c(CCl)s2)cc1. The molecule has 0 spiro atoms. The van der Waals surface area contributed by atoms with Crippen molar-refractivity contribution in [2.75, 3.05) is 19.1 Å². The molecule has 0 aliphatic rings. The summed E-state index contributed by atoms with van der Waals surface area (Å²) in [5, 5.41) is 1.37. The first-order valence-corrected chi connectivity index (χ1v) is 7.42. The minimum Gasteiger partial charge on any atom is -0.497 e. The van der Waals surface area contributed by atoms with E-state index in [4.69, 9.17) is 27.9 Å². The Kier molecular flexibility index (Phi) is 4.91. The molecule has 19 heavy (non-hydrogen) atoms. The van der Waals surface area contributed by atoms with Crippen molar-refractivity contribution in [3.8, 4) is 5.75 Å². The fraction of sp³-hybridized carbons (Fsp3) is 0.308. The first-order valence-electron chi connectivity index (χ1n) is 5.69. The maximum absolute atomic E-state index is 6.00. The predicted molar refractivity (Wildman–Crippen MR) is 81.8 cm³/mol. The second kappa shape index (κ2) is 6.46. The van der Waals surface area contributed by atoms with E-state index in [-0.39, 0.29) is 0 Å². The number of halogens is 2. The average molecular weight is 317 g/mol. The molecule has 102 valence electrons. The van der Waals surface area contributed by atoms with E-state index in [1.807, 2.05) is 31.3 Å². The average Bonchev–Trinajstić information content (AvgIpc) is 2.81. The fourth-order valence-corrected chi connectivity index (χ4v) is 3.07. The highest BCUT2D eigenvalue weighted by Crippen LogP contribution is 2.30. The zero-order valence-electron chi connectivity index (χ0n) is 10.7. The van der Waals surface area contributed by atoms with Gasteiger partial charge in [-0.05, 0) is 17.7 Å². The van der Waals surface area contributed by atoms with Crippen molar-refractivity contribution in [3.63, 3.8) is 0 Å². The molecule has 2 rings (SSSR count). The van der Waals surface area contributed by atoms with Gasteiger partial charge in [0, 0.05) is 13.6 Å².